The van der Waals surface area contributed by atoms with Gasteiger partial charge < -0.3 is 14.7 Å². The zero-order valence-corrected chi connectivity index (χ0v) is 20.9. The molecule has 11 heteroatoms. The number of nitrogens with zero attached hydrogens (tertiary/aromatic N) is 7. The molecule has 2 aliphatic rings. The number of alkyl halides is 3. The van der Waals surface area contributed by atoms with Crippen LogP contribution in [-0.2, 0) is 11.0 Å². The van der Waals surface area contributed by atoms with E-state index in [0.29, 0.717) is 44.2 Å². The van der Waals surface area contributed by atoms with Gasteiger partial charge in [-0.1, -0.05) is 6.07 Å². The van der Waals surface area contributed by atoms with E-state index in [2.05, 4.69) is 20.0 Å². The average Bonchev–Trinajstić information content (AvgIpc) is 3.25. The van der Waals surface area contributed by atoms with E-state index in [1.54, 1.807) is 10.7 Å². The number of piperidine rings is 1. The van der Waals surface area contributed by atoms with Crippen LogP contribution in [-0.4, -0.2) is 69.8 Å². The molecule has 1 unspecified atom stereocenters. The number of anilines is 2. The quantitative estimate of drug-likeness (QED) is 0.528. The molecule has 37 heavy (non-hydrogen) atoms. The topological polar surface area (TPSA) is 70.4 Å². The molecule has 0 saturated carbocycles. The molecule has 2 aromatic heterocycles. The first-order valence-corrected chi connectivity index (χ1v) is 12.5. The van der Waals surface area contributed by atoms with E-state index in [1.807, 2.05) is 35.8 Å². The maximum atomic E-state index is 13.4. The smallest absolute Gasteiger partial charge is 0.368 e. The van der Waals surface area contributed by atoms with Crippen LogP contribution in [0.15, 0.2) is 42.7 Å². The number of aryl methyl sites for hydroxylation is 2. The van der Waals surface area contributed by atoms with E-state index in [0.717, 1.165) is 42.7 Å². The van der Waals surface area contributed by atoms with Crippen LogP contribution in [0.5, 0.6) is 0 Å². The monoisotopic (exact) mass is 513 g/mol. The lowest BCUT2D eigenvalue weighted by Gasteiger charge is -2.40. The Labute approximate surface area is 213 Å². The molecule has 0 radical (unpaired) electrons. The number of piperazine rings is 1. The molecule has 1 aromatic carbocycles. The lowest BCUT2D eigenvalue weighted by atomic mass is 9.96. The van der Waals surface area contributed by atoms with Crippen molar-refractivity contribution in [1.82, 2.24) is 24.6 Å². The standard InChI is InChI=1S/C26H30F3N7O/c1-18-13-19(2)36(32-18)24-15-23(30-17-31-24)35-8-4-5-20(16-35)25(37)34-11-9-33(10-12-34)22-7-3-6-21(14-22)26(27,28)29/h3,6-7,13-15,17,20H,4-5,8-12,16H2,1-2H3. The van der Waals surface area contributed by atoms with Crippen LogP contribution in [0, 0.1) is 19.8 Å². The largest absolute Gasteiger partial charge is 0.416 e. The predicted octanol–water partition coefficient (Wildman–Crippen LogP) is 3.86. The van der Waals surface area contributed by atoms with Gasteiger partial charge in [-0.25, -0.2) is 14.6 Å². The summed E-state index contributed by atoms with van der Waals surface area (Å²) in [5.74, 6) is 1.40. The van der Waals surface area contributed by atoms with Gasteiger partial charge in [-0.15, -0.1) is 0 Å². The van der Waals surface area contributed by atoms with Gasteiger partial charge in [0.15, 0.2) is 5.82 Å². The second kappa shape index (κ2) is 10.0. The van der Waals surface area contributed by atoms with E-state index < -0.39 is 11.7 Å². The molecular formula is C26H30F3N7O. The molecular weight excluding hydrogens is 483 g/mol. The van der Waals surface area contributed by atoms with Crippen molar-refractivity contribution in [2.75, 3.05) is 49.1 Å². The highest BCUT2D eigenvalue weighted by Gasteiger charge is 2.33. The number of carbonyl (C=O) groups is 1. The zero-order valence-electron chi connectivity index (χ0n) is 20.9. The Morgan fingerprint density at radius 1 is 0.946 bits per heavy atom. The van der Waals surface area contributed by atoms with Gasteiger partial charge in [-0.3, -0.25) is 4.79 Å². The third-order valence-electron chi connectivity index (χ3n) is 7.09. The number of halogens is 3. The number of hydrogen-bond acceptors (Lipinski definition) is 6. The predicted molar refractivity (Wildman–Crippen MR) is 134 cm³/mol. The molecule has 1 amide bonds. The summed E-state index contributed by atoms with van der Waals surface area (Å²) in [6, 6.07) is 9.27. The number of rotatable bonds is 4. The zero-order chi connectivity index (χ0) is 26.2. The molecule has 0 bridgehead atoms. The van der Waals surface area contributed by atoms with Crippen LogP contribution in [0.1, 0.15) is 29.8 Å². The third kappa shape index (κ3) is 5.40. The molecule has 1 atom stereocenters. The Hall–Kier alpha value is -3.63. The number of benzene rings is 1. The van der Waals surface area contributed by atoms with Gasteiger partial charge in [-0.05, 0) is 51.0 Å². The summed E-state index contributed by atoms with van der Waals surface area (Å²) >= 11 is 0. The van der Waals surface area contributed by atoms with Crippen molar-refractivity contribution >= 4 is 17.4 Å². The molecule has 2 aliphatic heterocycles. The molecule has 196 valence electrons. The summed E-state index contributed by atoms with van der Waals surface area (Å²) in [6.07, 6.45) is -1.17. The maximum Gasteiger partial charge on any atom is 0.416 e. The molecule has 0 aliphatic carbocycles. The van der Waals surface area contributed by atoms with Crippen molar-refractivity contribution in [1.29, 1.82) is 0 Å². The SMILES string of the molecule is Cc1cc(C)n(-c2cc(N3CCCC(C(=O)N4CCN(c5cccc(C(F)(F)F)c5)CC4)C3)ncn2)n1. The summed E-state index contributed by atoms with van der Waals surface area (Å²) in [5, 5.41) is 4.50. The van der Waals surface area contributed by atoms with Crippen LogP contribution in [0.4, 0.5) is 24.7 Å². The molecule has 3 aromatic rings. The Kier molecular flexibility index (Phi) is 6.78. The van der Waals surface area contributed by atoms with Crippen molar-refractivity contribution in [3.05, 3.63) is 59.7 Å². The van der Waals surface area contributed by atoms with E-state index >= 15 is 0 Å². The molecule has 8 nitrogen and oxygen atoms in total. The fourth-order valence-corrected chi connectivity index (χ4v) is 5.20. The van der Waals surface area contributed by atoms with Gasteiger partial charge in [0, 0.05) is 56.7 Å². The Morgan fingerprint density at radius 2 is 1.70 bits per heavy atom. The van der Waals surface area contributed by atoms with Crippen molar-refractivity contribution in [3.63, 3.8) is 0 Å². The summed E-state index contributed by atoms with van der Waals surface area (Å²) in [6.45, 7) is 7.27. The van der Waals surface area contributed by atoms with Gasteiger partial charge >= 0.3 is 6.18 Å². The lowest BCUT2D eigenvalue weighted by molar-refractivity contribution is -0.137. The molecule has 0 N–H and O–H groups in total. The van der Waals surface area contributed by atoms with Gasteiger partial charge in [0.1, 0.15) is 12.1 Å². The highest BCUT2D eigenvalue weighted by Crippen LogP contribution is 2.32. The van der Waals surface area contributed by atoms with Gasteiger partial charge in [0.25, 0.3) is 0 Å². The molecule has 2 saturated heterocycles. The van der Waals surface area contributed by atoms with Gasteiger partial charge in [0.2, 0.25) is 5.91 Å². The summed E-state index contributed by atoms with van der Waals surface area (Å²) in [4.78, 5) is 28.1. The van der Waals surface area contributed by atoms with Crippen molar-refractivity contribution in [3.8, 4) is 5.82 Å². The minimum atomic E-state index is -4.37. The number of hydrogen-bond donors (Lipinski definition) is 0. The Balaban J connectivity index is 1.22. The second-order valence-electron chi connectivity index (χ2n) is 9.72. The van der Waals surface area contributed by atoms with Crippen LogP contribution in [0.25, 0.3) is 5.82 Å². The Bertz CT molecular complexity index is 1270. The fourth-order valence-electron chi connectivity index (χ4n) is 5.20. The first-order chi connectivity index (χ1) is 17.7. The van der Waals surface area contributed by atoms with Gasteiger partial charge in [0.05, 0.1) is 17.2 Å². The second-order valence-corrected chi connectivity index (χ2v) is 9.72. The first-order valence-electron chi connectivity index (χ1n) is 12.5. The van der Waals surface area contributed by atoms with Crippen molar-refractivity contribution < 1.29 is 18.0 Å². The van der Waals surface area contributed by atoms with E-state index in [1.165, 1.54) is 18.5 Å². The molecule has 0 spiro atoms. The minimum Gasteiger partial charge on any atom is -0.368 e. The summed E-state index contributed by atoms with van der Waals surface area (Å²) in [7, 11) is 0. The van der Waals surface area contributed by atoms with Crippen molar-refractivity contribution in [2.24, 2.45) is 5.92 Å². The van der Waals surface area contributed by atoms with E-state index in [-0.39, 0.29) is 11.8 Å². The highest BCUT2D eigenvalue weighted by atomic mass is 19.4. The minimum absolute atomic E-state index is 0.0983. The average molecular weight is 514 g/mol. The molecule has 2 fully saturated rings. The van der Waals surface area contributed by atoms with Crippen LogP contribution in [0.2, 0.25) is 0 Å². The molecule has 4 heterocycles. The Morgan fingerprint density at radius 3 is 2.41 bits per heavy atom. The van der Waals surface area contributed by atoms with Crippen LogP contribution >= 0.6 is 0 Å². The molecule has 5 rings (SSSR count). The fraction of sp³-hybridized carbons (Fsp3) is 0.462. The van der Waals surface area contributed by atoms with Crippen LogP contribution in [0.3, 0.4) is 0 Å². The maximum absolute atomic E-state index is 13.4. The van der Waals surface area contributed by atoms with Crippen molar-refractivity contribution in [2.45, 2.75) is 32.9 Å². The first kappa shape index (κ1) is 25.0. The summed E-state index contributed by atoms with van der Waals surface area (Å²) in [5.41, 5.74) is 1.78. The number of aromatic nitrogens is 4. The third-order valence-corrected chi connectivity index (χ3v) is 7.09. The number of amides is 1. The lowest BCUT2D eigenvalue weighted by Crippen LogP contribution is -2.52. The number of carbonyl (C=O) groups excluding carboxylic acids is 1. The van der Waals surface area contributed by atoms with Crippen LogP contribution < -0.4 is 9.80 Å². The normalized spacial score (nSPS) is 18.8. The van der Waals surface area contributed by atoms with Gasteiger partial charge in [-0.2, -0.15) is 18.3 Å². The van der Waals surface area contributed by atoms with E-state index in [4.69, 9.17) is 0 Å². The summed E-state index contributed by atoms with van der Waals surface area (Å²) < 4.78 is 41.1. The highest BCUT2D eigenvalue weighted by molar-refractivity contribution is 5.80. The van der Waals surface area contributed by atoms with E-state index in [9.17, 15) is 18.0 Å².